The van der Waals surface area contributed by atoms with Gasteiger partial charge in [0.1, 0.15) is 4.88 Å². The lowest BCUT2D eigenvalue weighted by atomic mass is 10.1. The number of rotatable bonds is 3. The maximum Gasteiger partial charge on any atom is 0.266 e. The van der Waals surface area contributed by atoms with E-state index in [4.69, 9.17) is 4.42 Å². The molecule has 23 heavy (non-hydrogen) atoms. The zero-order valence-corrected chi connectivity index (χ0v) is 13.5. The Morgan fingerprint density at radius 3 is 3.09 bits per heavy atom. The van der Waals surface area contributed by atoms with Crippen LogP contribution >= 0.6 is 11.3 Å². The molecule has 1 aliphatic heterocycles. The van der Waals surface area contributed by atoms with Crippen molar-refractivity contribution in [3.8, 4) is 10.8 Å². The van der Waals surface area contributed by atoms with Gasteiger partial charge in [-0.15, -0.1) is 11.3 Å². The van der Waals surface area contributed by atoms with Crippen molar-refractivity contribution in [1.82, 2.24) is 19.7 Å². The van der Waals surface area contributed by atoms with E-state index >= 15 is 0 Å². The number of furan rings is 1. The Labute approximate surface area is 137 Å². The summed E-state index contributed by atoms with van der Waals surface area (Å²) in [6.45, 7) is 0.770. The fraction of sp³-hybridized carbons (Fsp3) is 0.312. The Balaban J connectivity index is 1.58. The lowest BCUT2D eigenvalue weighted by Gasteiger charge is -2.23. The van der Waals surface area contributed by atoms with Crippen LogP contribution in [0.15, 0.2) is 41.4 Å². The summed E-state index contributed by atoms with van der Waals surface area (Å²) in [6, 6.07) is 3.77. The molecule has 0 saturated carbocycles. The number of amides is 1. The van der Waals surface area contributed by atoms with E-state index in [0.717, 1.165) is 30.0 Å². The van der Waals surface area contributed by atoms with E-state index in [1.54, 1.807) is 17.1 Å². The summed E-state index contributed by atoms with van der Waals surface area (Å²) >= 11 is 1.37. The SMILES string of the molecule is Cn1cc([C@@H]2CCCN2C(=O)c2cnc(-c3ccco3)s2)cn1. The van der Waals surface area contributed by atoms with Gasteiger partial charge in [0.2, 0.25) is 0 Å². The first-order valence-corrected chi connectivity index (χ1v) is 8.33. The van der Waals surface area contributed by atoms with Crippen LogP contribution in [-0.4, -0.2) is 32.1 Å². The number of nitrogens with zero attached hydrogens (tertiary/aromatic N) is 4. The number of hydrogen-bond acceptors (Lipinski definition) is 5. The quantitative estimate of drug-likeness (QED) is 0.741. The van der Waals surface area contributed by atoms with Gasteiger partial charge in [0.25, 0.3) is 5.91 Å². The highest BCUT2D eigenvalue weighted by molar-refractivity contribution is 7.16. The summed E-state index contributed by atoms with van der Waals surface area (Å²) in [4.78, 5) is 19.7. The number of aryl methyl sites for hydroxylation is 1. The van der Waals surface area contributed by atoms with Crippen LogP contribution < -0.4 is 0 Å². The maximum atomic E-state index is 12.9. The average Bonchev–Trinajstić information content (AvgIpc) is 3.31. The molecule has 0 unspecified atom stereocenters. The van der Waals surface area contributed by atoms with Crippen LogP contribution in [0.5, 0.6) is 0 Å². The fourth-order valence-corrected chi connectivity index (χ4v) is 3.84. The zero-order chi connectivity index (χ0) is 15.8. The lowest BCUT2D eigenvalue weighted by Crippen LogP contribution is -2.29. The minimum absolute atomic E-state index is 0.0339. The van der Waals surface area contributed by atoms with E-state index in [0.29, 0.717) is 10.6 Å². The summed E-state index contributed by atoms with van der Waals surface area (Å²) in [5, 5.41) is 4.95. The molecule has 0 spiro atoms. The van der Waals surface area contributed by atoms with Crippen LogP contribution in [0.25, 0.3) is 10.8 Å². The molecule has 3 aromatic heterocycles. The molecular formula is C16H16N4O2S. The number of carbonyl (C=O) groups is 1. The van der Waals surface area contributed by atoms with Gasteiger partial charge in [-0.25, -0.2) is 4.98 Å². The van der Waals surface area contributed by atoms with E-state index in [2.05, 4.69) is 10.1 Å². The topological polar surface area (TPSA) is 64.2 Å². The molecule has 1 aliphatic rings. The first-order chi connectivity index (χ1) is 11.2. The molecule has 0 bridgehead atoms. The maximum absolute atomic E-state index is 12.9. The molecule has 4 rings (SSSR count). The summed E-state index contributed by atoms with van der Waals surface area (Å²) in [5.41, 5.74) is 1.09. The Hall–Kier alpha value is -2.41. The largest absolute Gasteiger partial charge is 0.462 e. The normalized spacial score (nSPS) is 17.8. The molecular weight excluding hydrogens is 312 g/mol. The minimum atomic E-state index is 0.0339. The number of hydrogen-bond donors (Lipinski definition) is 0. The van der Waals surface area contributed by atoms with Gasteiger partial charge < -0.3 is 9.32 Å². The highest BCUT2D eigenvalue weighted by Crippen LogP contribution is 2.34. The third kappa shape index (κ3) is 2.57. The van der Waals surface area contributed by atoms with Crippen LogP contribution in [-0.2, 0) is 7.05 Å². The molecule has 1 fully saturated rings. The lowest BCUT2D eigenvalue weighted by molar-refractivity contribution is 0.0740. The van der Waals surface area contributed by atoms with Gasteiger partial charge >= 0.3 is 0 Å². The molecule has 4 heterocycles. The van der Waals surface area contributed by atoms with Gasteiger partial charge in [0, 0.05) is 25.4 Å². The molecule has 6 nitrogen and oxygen atoms in total. The summed E-state index contributed by atoms with van der Waals surface area (Å²) < 4.78 is 7.12. The second-order valence-corrected chi connectivity index (χ2v) is 6.64. The van der Waals surface area contributed by atoms with E-state index in [-0.39, 0.29) is 11.9 Å². The third-order valence-corrected chi connectivity index (χ3v) is 5.07. The fourth-order valence-electron chi connectivity index (χ4n) is 3.00. The molecule has 0 aromatic carbocycles. The molecule has 118 valence electrons. The molecule has 0 N–H and O–H groups in total. The summed E-state index contributed by atoms with van der Waals surface area (Å²) in [6.07, 6.45) is 9.06. The van der Waals surface area contributed by atoms with Gasteiger partial charge in [-0.3, -0.25) is 9.48 Å². The van der Waals surface area contributed by atoms with E-state index in [1.807, 2.05) is 36.5 Å². The van der Waals surface area contributed by atoms with Crippen LogP contribution in [0.4, 0.5) is 0 Å². The molecule has 7 heteroatoms. The van der Waals surface area contributed by atoms with Crippen molar-refractivity contribution in [3.63, 3.8) is 0 Å². The molecule has 3 aromatic rings. The standard InChI is InChI=1S/C16H16N4O2S/c1-19-10-11(8-18-19)12-4-2-6-20(12)16(21)14-9-17-15(23-14)13-5-3-7-22-13/h3,5,7-10,12H,2,4,6H2,1H3/t12-/m0/s1. The van der Waals surface area contributed by atoms with Gasteiger partial charge in [0.05, 0.1) is 24.7 Å². The monoisotopic (exact) mass is 328 g/mol. The van der Waals surface area contributed by atoms with Crippen LogP contribution in [0, 0.1) is 0 Å². The highest BCUT2D eigenvalue weighted by atomic mass is 32.1. The van der Waals surface area contributed by atoms with Crippen molar-refractivity contribution in [2.75, 3.05) is 6.54 Å². The predicted molar refractivity (Wildman–Crippen MR) is 86.0 cm³/mol. The van der Waals surface area contributed by atoms with E-state index < -0.39 is 0 Å². The van der Waals surface area contributed by atoms with Crippen molar-refractivity contribution < 1.29 is 9.21 Å². The van der Waals surface area contributed by atoms with Crippen molar-refractivity contribution in [2.24, 2.45) is 7.05 Å². The second kappa shape index (κ2) is 5.66. The first-order valence-electron chi connectivity index (χ1n) is 7.51. The molecule has 1 saturated heterocycles. The smallest absolute Gasteiger partial charge is 0.266 e. The molecule has 1 atom stereocenters. The Morgan fingerprint density at radius 2 is 2.35 bits per heavy atom. The van der Waals surface area contributed by atoms with Crippen molar-refractivity contribution >= 4 is 17.2 Å². The number of thiazole rings is 1. The Kier molecular flexibility index (Phi) is 3.49. The molecule has 1 amide bonds. The van der Waals surface area contributed by atoms with Gasteiger partial charge in [-0.1, -0.05) is 0 Å². The molecule has 0 radical (unpaired) electrons. The predicted octanol–water partition coefficient (Wildman–Crippen LogP) is 3.11. The minimum Gasteiger partial charge on any atom is -0.462 e. The summed E-state index contributed by atoms with van der Waals surface area (Å²) in [7, 11) is 1.89. The van der Waals surface area contributed by atoms with Crippen molar-refractivity contribution in [1.29, 1.82) is 0 Å². The van der Waals surface area contributed by atoms with Gasteiger partial charge in [-0.05, 0) is 25.0 Å². The zero-order valence-electron chi connectivity index (χ0n) is 12.7. The number of carbonyl (C=O) groups excluding carboxylic acids is 1. The summed E-state index contributed by atoms with van der Waals surface area (Å²) in [5.74, 6) is 0.728. The molecule has 0 aliphatic carbocycles. The third-order valence-electron chi connectivity index (χ3n) is 4.07. The first kappa shape index (κ1) is 14.2. The second-order valence-electron chi connectivity index (χ2n) is 5.61. The van der Waals surface area contributed by atoms with Gasteiger partial charge in [0.15, 0.2) is 10.8 Å². The van der Waals surface area contributed by atoms with Gasteiger partial charge in [-0.2, -0.15) is 5.10 Å². The Bertz CT molecular complexity index is 821. The van der Waals surface area contributed by atoms with Crippen LogP contribution in [0.1, 0.15) is 34.1 Å². The number of likely N-dealkylation sites (tertiary alicyclic amines) is 1. The van der Waals surface area contributed by atoms with Crippen molar-refractivity contribution in [2.45, 2.75) is 18.9 Å². The van der Waals surface area contributed by atoms with E-state index in [1.165, 1.54) is 11.3 Å². The van der Waals surface area contributed by atoms with Crippen LogP contribution in [0.3, 0.4) is 0 Å². The number of aromatic nitrogens is 3. The van der Waals surface area contributed by atoms with Crippen molar-refractivity contribution in [3.05, 3.63) is 47.4 Å². The highest BCUT2D eigenvalue weighted by Gasteiger charge is 2.32. The Morgan fingerprint density at radius 1 is 1.43 bits per heavy atom. The van der Waals surface area contributed by atoms with E-state index in [9.17, 15) is 4.79 Å². The average molecular weight is 328 g/mol. The van der Waals surface area contributed by atoms with Crippen LogP contribution in [0.2, 0.25) is 0 Å².